The number of carbonyl (C=O) groups excluding carboxylic acids is 12. The highest BCUT2D eigenvalue weighted by atomic mass is 16.6. The average Bonchev–Trinajstić information content (AvgIpc) is 1.80. The molecule has 1 fully saturated rings. The number of unbranched alkanes of at least 4 members (excludes halogenated alkanes) is 2. The van der Waals surface area contributed by atoms with Gasteiger partial charge in [0.1, 0.15) is 41.9 Å². The number of carbonyl (C=O) groups is 12. The molecule has 2 heterocycles. The lowest BCUT2D eigenvalue weighted by Gasteiger charge is -2.41. The number of methoxy groups -OCH3 is 2. The number of urea groups is 1. The molecule has 0 spiro atoms. The number of benzene rings is 2. The van der Waals surface area contributed by atoms with Crippen LogP contribution in [0.3, 0.4) is 0 Å². The number of hydrogen-bond donors (Lipinski definition) is 8. The number of hydrogen-bond acceptors (Lipinski definition) is 16. The third-order valence-corrected chi connectivity index (χ3v) is 17.4. The van der Waals surface area contributed by atoms with Gasteiger partial charge in [-0.15, -0.1) is 0 Å². The quantitative estimate of drug-likeness (QED) is 0.0240. The van der Waals surface area contributed by atoms with E-state index in [1.807, 2.05) is 44.2 Å². The van der Waals surface area contributed by atoms with Gasteiger partial charge in [-0.3, -0.25) is 48.1 Å². The molecule has 0 aromatic heterocycles. The second-order valence-corrected chi connectivity index (χ2v) is 27.3. The molecule has 2 aromatic carbocycles. The van der Waals surface area contributed by atoms with E-state index in [1.165, 1.54) is 45.1 Å². The van der Waals surface area contributed by atoms with Crippen molar-refractivity contribution in [3.63, 3.8) is 0 Å². The number of likely N-dealkylation sites (N-methyl/N-ethyl adjacent to an activating group) is 1. The number of nitrogens with one attached hydrogen (secondary N) is 7. The first-order valence-corrected chi connectivity index (χ1v) is 33.6. The van der Waals surface area contributed by atoms with Gasteiger partial charge in [-0.25, -0.2) is 14.4 Å². The van der Waals surface area contributed by atoms with E-state index in [9.17, 15) is 57.5 Å². The van der Waals surface area contributed by atoms with Gasteiger partial charge in [0.25, 0.3) is 11.8 Å². The molecule has 0 aliphatic carbocycles. The normalized spacial score (nSPS) is 16.8. The summed E-state index contributed by atoms with van der Waals surface area (Å²) in [7, 11) is 4.58. The Hall–Kier alpha value is -8.46. The van der Waals surface area contributed by atoms with Gasteiger partial charge in [-0.1, -0.05) is 104 Å². The summed E-state index contributed by atoms with van der Waals surface area (Å²) >= 11 is 0. The highest BCUT2D eigenvalue weighted by Gasteiger charge is 2.44. The van der Waals surface area contributed by atoms with Crippen molar-refractivity contribution in [3.05, 3.63) is 77.9 Å². The summed E-state index contributed by atoms with van der Waals surface area (Å²) in [6.45, 7) is 21.3. The van der Waals surface area contributed by atoms with E-state index in [1.54, 1.807) is 91.6 Å². The first kappa shape index (κ1) is 81.0. The Balaban J connectivity index is 1.36. The van der Waals surface area contributed by atoms with Gasteiger partial charge in [-0.05, 0) is 114 Å². The topological polar surface area (TPSA) is 362 Å². The Morgan fingerprint density at radius 2 is 1.35 bits per heavy atom. The zero-order valence-electron chi connectivity index (χ0n) is 59.3. The summed E-state index contributed by atoms with van der Waals surface area (Å²) in [5.74, 6) is -6.61. The molecular weight excluding hydrogens is 1250 g/mol. The van der Waals surface area contributed by atoms with Crippen LogP contribution in [0.15, 0.2) is 66.7 Å². The number of imide groups is 1. The Bertz CT molecular complexity index is 3030. The van der Waals surface area contributed by atoms with Gasteiger partial charge in [0.15, 0.2) is 0 Å². The van der Waals surface area contributed by atoms with Crippen molar-refractivity contribution in [1.82, 2.24) is 46.6 Å². The van der Waals surface area contributed by atoms with Crippen LogP contribution in [0.25, 0.3) is 0 Å². The van der Waals surface area contributed by atoms with Crippen LogP contribution in [-0.4, -0.2) is 186 Å². The zero-order chi connectivity index (χ0) is 72.5. The standard InChI is InChI=1S/C70H107N11O16/c1-16-44(6)59(52(94-14)40-56(85)80-38-24-28-51(80)60(95-15)45(7)61(86)75-50(65(90)97-69(8,9)10)39-46-25-19-17-20-26-46)79(13)64(89)58(43(4)5)77-66(91)70(11,12)78-68(93)96-41-47-30-32-48(33-31-47)73-62(87)49(27-23-36-72-67(71)92)74-63(88)57(42(2)3)76-53(82)29-21-18-22-37-81-54(83)34-35-55(81)84/h17,19-20,25-26,30-35,42-45,49-52,57-60H,16,18,21-24,27-29,36-41H2,1-15H3,(H,73,87)(H,74,88)(H,75,86)(H,76,82)(H,77,91)(H,78,93)(H3,71,72,92)/t44-,45+,49-,50-,51?,52?,57-,58-,59-,60+/m0/s1. The third kappa shape index (κ3) is 25.5. The third-order valence-electron chi connectivity index (χ3n) is 17.4. The monoisotopic (exact) mass is 1360 g/mol. The van der Waals surface area contributed by atoms with E-state index in [0.717, 1.165) is 10.5 Å². The molecule has 9 N–H and O–H groups in total. The summed E-state index contributed by atoms with van der Waals surface area (Å²) in [6.07, 6.45) is 3.68. The van der Waals surface area contributed by atoms with E-state index in [4.69, 9.17) is 24.7 Å². The minimum atomic E-state index is -1.61. The van der Waals surface area contributed by atoms with Gasteiger partial charge >= 0.3 is 18.1 Å². The number of ether oxygens (including phenoxy) is 4. The van der Waals surface area contributed by atoms with E-state index in [2.05, 4.69) is 37.2 Å². The second kappa shape index (κ2) is 38.5. The van der Waals surface area contributed by atoms with Crippen LogP contribution in [0.1, 0.15) is 158 Å². The number of nitrogens with two attached hydrogens (primary N) is 1. The largest absolute Gasteiger partial charge is 0.458 e. The van der Waals surface area contributed by atoms with Gasteiger partial charge in [0.2, 0.25) is 41.4 Å². The maximum atomic E-state index is 14.7. The smallest absolute Gasteiger partial charge is 0.408 e. The van der Waals surface area contributed by atoms with Crippen LogP contribution in [0.2, 0.25) is 0 Å². The first-order valence-electron chi connectivity index (χ1n) is 33.6. The van der Waals surface area contributed by atoms with E-state index in [-0.39, 0.29) is 81.4 Å². The molecule has 0 saturated carbocycles. The fourth-order valence-corrected chi connectivity index (χ4v) is 11.7. The molecule has 538 valence electrons. The fourth-order valence-electron chi connectivity index (χ4n) is 11.7. The molecule has 12 amide bonds. The number of amides is 12. The molecule has 2 aliphatic heterocycles. The Labute approximate surface area is 571 Å². The summed E-state index contributed by atoms with van der Waals surface area (Å²) in [5, 5.41) is 19.1. The molecule has 4 rings (SSSR count). The van der Waals surface area contributed by atoms with Crippen LogP contribution in [0, 0.1) is 23.7 Å². The summed E-state index contributed by atoms with van der Waals surface area (Å²) < 4.78 is 23.3. The van der Waals surface area contributed by atoms with E-state index in [0.29, 0.717) is 56.3 Å². The number of anilines is 1. The van der Waals surface area contributed by atoms with Gasteiger partial charge in [-0.2, -0.15) is 0 Å². The van der Waals surface area contributed by atoms with Gasteiger partial charge < -0.3 is 71.7 Å². The maximum Gasteiger partial charge on any atom is 0.408 e. The minimum absolute atomic E-state index is 0.0785. The number of rotatable bonds is 38. The number of alkyl carbamates (subject to hydrolysis) is 1. The molecule has 1 saturated heterocycles. The molecular formula is C70H107N11O16. The lowest BCUT2D eigenvalue weighted by Crippen LogP contribution is -2.62. The molecule has 0 radical (unpaired) electrons. The van der Waals surface area contributed by atoms with Crippen molar-refractivity contribution in [2.45, 2.75) is 220 Å². The molecule has 27 heteroatoms. The summed E-state index contributed by atoms with van der Waals surface area (Å²) in [6, 6.07) is 9.46. The predicted molar refractivity (Wildman–Crippen MR) is 363 cm³/mol. The predicted octanol–water partition coefficient (Wildman–Crippen LogP) is 5.32. The molecule has 2 unspecified atom stereocenters. The number of primary amides is 1. The molecule has 97 heavy (non-hydrogen) atoms. The highest BCUT2D eigenvalue weighted by molar-refractivity contribution is 6.12. The van der Waals surface area contributed by atoms with Crippen molar-refractivity contribution in [3.8, 4) is 0 Å². The number of nitrogens with zero attached hydrogens (tertiary/aromatic N) is 3. The lowest BCUT2D eigenvalue weighted by molar-refractivity contribution is -0.159. The SMILES string of the molecule is CC[C@H](C)[C@@H](C(CC(=O)N1CCCC1[C@H](OC)[C@@H](C)C(=O)N[C@@H](Cc1ccccc1)C(=O)OC(C)(C)C)OC)N(C)C(=O)[C@@H](NC(=O)C(C)(C)NC(=O)OCc1ccc(NC(=O)[C@H](CCCNC(N)=O)NC(=O)[C@@H](NC(=O)CCCCCN2C(=O)C=CC2=O)C(C)C)cc1)C(C)C. The van der Waals surface area contributed by atoms with Crippen molar-refractivity contribution in [2.24, 2.45) is 29.4 Å². The summed E-state index contributed by atoms with van der Waals surface area (Å²) in [4.78, 5) is 164. The summed E-state index contributed by atoms with van der Waals surface area (Å²) in [5.41, 5.74) is 4.48. The number of likely N-dealkylation sites (tertiary alicyclic amines) is 1. The Morgan fingerprint density at radius 1 is 0.722 bits per heavy atom. The van der Waals surface area contributed by atoms with Crippen molar-refractivity contribution >= 4 is 76.9 Å². The van der Waals surface area contributed by atoms with Crippen LogP contribution in [0.4, 0.5) is 15.3 Å². The molecule has 2 aliphatic rings. The van der Waals surface area contributed by atoms with Crippen LogP contribution in [0.5, 0.6) is 0 Å². The lowest BCUT2D eigenvalue weighted by atomic mass is 9.89. The van der Waals surface area contributed by atoms with Crippen LogP contribution >= 0.6 is 0 Å². The Kier molecular flexibility index (Phi) is 32.1. The van der Waals surface area contributed by atoms with Crippen LogP contribution < -0.4 is 43.0 Å². The minimum Gasteiger partial charge on any atom is -0.458 e. The molecule has 10 atom stereocenters. The van der Waals surface area contributed by atoms with Crippen molar-refractivity contribution < 1.29 is 76.5 Å². The van der Waals surface area contributed by atoms with E-state index >= 15 is 0 Å². The van der Waals surface area contributed by atoms with E-state index < -0.39 is 125 Å². The second-order valence-electron chi connectivity index (χ2n) is 27.3. The fraction of sp³-hybridized carbons (Fsp3) is 0.629. The first-order chi connectivity index (χ1) is 45.6. The van der Waals surface area contributed by atoms with Crippen molar-refractivity contribution in [1.29, 1.82) is 0 Å². The molecule has 0 bridgehead atoms. The van der Waals surface area contributed by atoms with Gasteiger partial charge in [0.05, 0.1) is 36.6 Å². The molecule has 2 aromatic rings. The van der Waals surface area contributed by atoms with Crippen molar-refractivity contribution in [2.75, 3.05) is 46.2 Å². The number of esters is 1. The van der Waals surface area contributed by atoms with Crippen LogP contribution in [-0.2, 0) is 79.9 Å². The maximum absolute atomic E-state index is 14.7. The Morgan fingerprint density at radius 3 is 1.93 bits per heavy atom. The average molecular weight is 1360 g/mol. The zero-order valence-corrected chi connectivity index (χ0v) is 59.3. The molecule has 27 nitrogen and oxygen atoms in total. The van der Waals surface area contributed by atoms with Gasteiger partial charge in [0, 0.05) is 71.6 Å². The highest BCUT2D eigenvalue weighted by Crippen LogP contribution is 2.30.